The fraction of sp³-hybridized carbons (Fsp3) is 0. The van der Waals surface area contributed by atoms with Crippen molar-refractivity contribution >= 4 is 43.1 Å². The molecule has 0 nitrogen and oxygen atoms in total. The highest BCUT2D eigenvalue weighted by molar-refractivity contribution is 6.13. The van der Waals surface area contributed by atoms with E-state index >= 15 is 0 Å². The fourth-order valence-electron chi connectivity index (χ4n) is 7.16. The van der Waals surface area contributed by atoms with Gasteiger partial charge in [-0.05, 0) is 106 Å². The van der Waals surface area contributed by atoms with Crippen LogP contribution in [0.15, 0.2) is 182 Å². The minimum absolute atomic E-state index is 1.22. The van der Waals surface area contributed by atoms with E-state index in [1.165, 1.54) is 87.6 Å². The molecule has 0 heterocycles. The molecule has 9 rings (SSSR count). The lowest BCUT2D eigenvalue weighted by Gasteiger charge is -2.14. The molecule has 0 bridgehead atoms. The van der Waals surface area contributed by atoms with E-state index in [2.05, 4.69) is 182 Å². The van der Waals surface area contributed by atoms with Crippen LogP contribution in [0.3, 0.4) is 0 Å². The third-order valence-corrected chi connectivity index (χ3v) is 9.46. The van der Waals surface area contributed by atoms with Crippen LogP contribution >= 0.6 is 0 Å². The molecular weight excluding hydrogens is 553 g/mol. The summed E-state index contributed by atoms with van der Waals surface area (Å²) in [6.45, 7) is 0. The second kappa shape index (κ2) is 10.9. The summed E-state index contributed by atoms with van der Waals surface area (Å²) in [5, 5.41) is 10.2. The van der Waals surface area contributed by atoms with Crippen LogP contribution in [0.1, 0.15) is 0 Å². The molecule has 0 unspecified atom stereocenters. The van der Waals surface area contributed by atoms with Crippen molar-refractivity contribution in [3.8, 4) is 44.5 Å². The van der Waals surface area contributed by atoms with Crippen LogP contribution in [-0.2, 0) is 0 Å². The van der Waals surface area contributed by atoms with E-state index in [-0.39, 0.29) is 0 Å². The van der Waals surface area contributed by atoms with Crippen molar-refractivity contribution in [2.24, 2.45) is 0 Å². The molecular formula is C46H30. The third kappa shape index (κ3) is 4.47. The van der Waals surface area contributed by atoms with Gasteiger partial charge in [-0.1, -0.05) is 164 Å². The number of hydrogen-bond acceptors (Lipinski definition) is 0. The lowest BCUT2D eigenvalue weighted by Crippen LogP contribution is -1.87. The molecule has 9 aromatic carbocycles. The van der Waals surface area contributed by atoms with Crippen LogP contribution in [0.25, 0.3) is 87.6 Å². The SMILES string of the molecule is c1ccc(-c2cccc3ccccc23)c(-c2ccc3cc(-c4ccc(-c5cc6ccccc6c6ccccc56)cc4)ccc3c2)c1. The van der Waals surface area contributed by atoms with E-state index in [0.717, 1.165) is 0 Å². The maximum atomic E-state index is 2.33. The second-order valence-corrected chi connectivity index (χ2v) is 12.1. The Morgan fingerprint density at radius 3 is 1.52 bits per heavy atom. The van der Waals surface area contributed by atoms with E-state index < -0.39 is 0 Å². The van der Waals surface area contributed by atoms with E-state index in [4.69, 9.17) is 0 Å². The van der Waals surface area contributed by atoms with Crippen LogP contribution in [-0.4, -0.2) is 0 Å². The zero-order valence-corrected chi connectivity index (χ0v) is 25.3. The van der Waals surface area contributed by atoms with Crippen molar-refractivity contribution in [1.29, 1.82) is 0 Å². The molecule has 0 spiro atoms. The Bertz CT molecular complexity index is 2560. The molecule has 0 atom stereocenters. The Morgan fingerprint density at radius 2 is 0.717 bits per heavy atom. The van der Waals surface area contributed by atoms with Crippen molar-refractivity contribution < 1.29 is 0 Å². The summed E-state index contributed by atoms with van der Waals surface area (Å²) in [6, 6.07) is 66.5. The molecule has 0 aromatic heterocycles. The van der Waals surface area contributed by atoms with Crippen LogP contribution < -0.4 is 0 Å². The molecule has 0 aliphatic heterocycles. The molecule has 46 heavy (non-hydrogen) atoms. The number of fused-ring (bicyclic) bond motifs is 5. The maximum Gasteiger partial charge on any atom is -0.00990 e. The van der Waals surface area contributed by atoms with Gasteiger partial charge in [-0.3, -0.25) is 0 Å². The molecule has 0 heteroatoms. The summed E-state index contributed by atoms with van der Waals surface area (Å²) in [4.78, 5) is 0. The van der Waals surface area contributed by atoms with Crippen molar-refractivity contribution in [2.45, 2.75) is 0 Å². The highest BCUT2D eigenvalue weighted by atomic mass is 14.2. The van der Waals surface area contributed by atoms with E-state index in [0.29, 0.717) is 0 Å². The van der Waals surface area contributed by atoms with Gasteiger partial charge in [-0.2, -0.15) is 0 Å². The Kier molecular flexibility index (Phi) is 6.25. The first-order chi connectivity index (χ1) is 22.8. The average molecular weight is 583 g/mol. The summed E-state index contributed by atoms with van der Waals surface area (Å²) < 4.78 is 0. The van der Waals surface area contributed by atoms with Crippen molar-refractivity contribution in [3.05, 3.63) is 182 Å². The smallest absolute Gasteiger partial charge is 0.00990 e. The van der Waals surface area contributed by atoms with Gasteiger partial charge in [0, 0.05) is 0 Å². The topological polar surface area (TPSA) is 0 Å². The normalized spacial score (nSPS) is 11.5. The summed E-state index contributed by atoms with van der Waals surface area (Å²) in [7, 11) is 0. The molecule has 0 aliphatic rings. The van der Waals surface area contributed by atoms with Crippen LogP contribution in [0.5, 0.6) is 0 Å². The van der Waals surface area contributed by atoms with Crippen LogP contribution in [0.2, 0.25) is 0 Å². The third-order valence-electron chi connectivity index (χ3n) is 9.46. The summed E-state index contributed by atoms with van der Waals surface area (Å²) in [6.07, 6.45) is 0. The molecule has 0 radical (unpaired) electrons. The molecule has 0 fully saturated rings. The molecule has 0 saturated carbocycles. The quantitative estimate of drug-likeness (QED) is 0.181. The van der Waals surface area contributed by atoms with E-state index in [9.17, 15) is 0 Å². The molecule has 0 N–H and O–H groups in total. The van der Waals surface area contributed by atoms with Crippen LogP contribution in [0.4, 0.5) is 0 Å². The lowest BCUT2D eigenvalue weighted by molar-refractivity contribution is 1.60. The first-order valence-electron chi connectivity index (χ1n) is 15.9. The predicted octanol–water partition coefficient (Wildman–Crippen LogP) is 13.0. The highest BCUT2D eigenvalue weighted by Gasteiger charge is 2.12. The van der Waals surface area contributed by atoms with Gasteiger partial charge in [-0.15, -0.1) is 0 Å². The number of benzene rings is 9. The van der Waals surface area contributed by atoms with E-state index in [1.54, 1.807) is 0 Å². The predicted molar refractivity (Wildman–Crippen MR) is 198 cm³/mol. The average Bonchev–Trinajstić information content (AvgIpc) is 3.14. The second-order valence-electron chi connectivity index (χ2n) is 12.1. The van der Waals surface area contributed by atoms with Crippen molar-refractivity contribution in [1.82, 2.24) is 0 Å². The monoisotopic (exact) mass is 582 g/mol. The fourth-order valence-corrected chi connectivity index (χ4v) is 7.16. The molecule has 9 aromatic rings. The summed E-state index contributed by atoms with van der Waals surface area (Å²) >= 11 is 0. The van der Waals surface area contributed by atoms with Gasteiger partial charge in [0.2, 0.25) is 0 Å². The van der Waals surface area contributed by atoms with Gasteiger partial charge in [0.05, 0.1) is 0 Å². The number of rotatable bonds is 4. The molecule has 0 amide bonds. The van der Waals surface area contributed by atoms with Crippen LogP contribution in [0, 0.1) is 0 Å². The van der Waals surface area contributed by atoms with Gasteiger partial charge in [0.1, 0.15) is 0 Å². The largest absolute Gasteiger partial charge is 0.0616 e. The molecule has 214 valence electrons. The lowest BCUT2D eigenvalue weighted by atomic mass is 9.90. The summed E-state index contributed by atoms with van der Waals surface area (Å²) in [5.74, 6) is 0. The minimum Gasteiger partial charge on any atom is -0.0616 e. The Hall–Kier alpha value is -5.98. The Balaban J connectivity index is 1.07. The standard InChI is InChI=1S/C46H30/c1-3-13-39-32(10-1)12-9-19-44(39)42-16-6-5-15-41(42)38-27-26-35-28-34(24-25-36(35)29-38)31-20-22-33(23-21-31)46-30-37-11-2-4-14-40(37)43-17-7-8-18-45(43)46/h1-30H. The van der Waals surface area contributed by atoms with Gasteiger partial charge >= 0.3 is 0 Å². The van der Waals surface area contributed by atoms with Crippen molar-refractivity contribution in [2.75, 3.05) is 0 Å². The van der Waals surface area contributed by atoms with Gasteiger partial charge in [-0.25, -0.2) is 0 Å². The summed E-state index contributed by atoms with van der Waals surface area (Å²) in [5.41, 5.74) is 9.97. The number of hydrogen-bond donors (Lipinski definition) is 0. The molecule has 0 aliphatic carbocycles. The highest BCUT2D eigenvalue weighted by Crippen LogP contribution is 2.39. The first kappa shape index (κ1) is 26.4. The van der Waals surface area contributed by atoms with Gasteiger partial charge < -0.3 is 0 Å². The minimum atomic E-state index is 1.22. The van der Waals surface area contributed by atoms with Gasteiger partial charge in [0.15, 0.2) is 0 Å². The maximum absolute atomic E-state index is 2.33. The van der Waals surface area contributed by atoms with E-state index in [1.807, 2.05) is 0 Å². The van der Waals surface area contributed by atoms with Gasteiger partial charge in [0.25, 0.3) is 0 Å². The Labute approximate surface area is 268 Å². The first-order valence-corrected chi connectivity index (χ1v) is 15.9. The zero-order chi connectivity index (χ0) is 30.5. The Morgan fingerprint density at radius 1 is 0.196 bits per heavy atom. The molecule has 0 saturated heterocycles. The van der Waals surface area contributed by atoms with Crippen molar-refractivity contribution in [3.63, 3.8) is 0 Å². The zero-order valence-electron chi connectivity index (χ0n) is 25.3.